The minimum absolute atomic E-state index is 0.192. The average Bonchev–Trinajstić information content (AvgIpc) is 2.03. The van der Waals surface area contributed by atoms with Gasteiger partial charge in [-0.1, -0.05) is 45.0 Å². The zero-order chi connectivity index (χ0) is 10.1. The first-order chi connectivity index (χ1) is 5.91. The molecule has 1 rings (SSSR count). The van der Waals surface area contributed by atoms with Crippen molar-refractivity contribution in [2.75, 3.05) is 0 Å². The molecule has 0 aromatic heterocycles. The molecule has 1 aromatic carbocycles. The normalized spacial score (nSPS) is 12.2. The van der Waals surface area contributed by atoms with Gasteiger partial charge in [0.25, 0.3) is 0 Å². The fraction of sp³-hybridized carbons (Fsp3) is 0.455. The summed E-state index contributed by atoms with van der Waals surface area (Å²) in [6, 6.07) is 8.15. The maximum atomic E-state index is 5.55. The summed E-state index contributed by atoms with van der Waals surface area (Å²) in [6.45, 7) is 6.55. The van der Waals surface area contributed by atoms with Crippen molar-refractivity contribution in [1.82, 2.24) is 0 Å². The van der Waals surface area contributed by atoms with Crippen LogP contribution < -0.4 is 11.5 Å². The first-order valence-electron chi connectivity index (χ1n) is 4.53. The first kappa shape index (κ1) is 10.2. The van der Waals surface area contributed by atoms with E-state index < -0.39 is 0 Å². The Hall–Kier alpha value is -0.860. The van der Waals surface area contributed by atoms with Crippen molar-refractivity contribution in [3.63, 3.8) is 0 Å². The number of hydrogen-bond donors (Lipinski definition) is 2. The Morgan fingerprint density at radius 2 is 1.46 bits per heavy atom. The average molecular weight is 178 g/mol. The molecular formula is C11H18N2. The molecular weight excluding hydrogens is 160 g/mol. The fourth-order valence-electron chi connectivity index (χ4n) is 1.21. The van der Waals surface area contributed by atoms with Crippen LogP contribution in [0, 0.1) is 0 Å². The monoisotopic (exact) mass is 178 g/mol. The molecule has 0 saturated carbocycles. The molecule has 2 nitrogen and oxygen atoms in total. The van der Waals surface area contributed by atoms with E-state index in [-0.39, 0.29) is 11.6 Å². The number of hydrogen-bond acceptors (Lipinski definition) is 2. The van der Waals surface area contributed by atoms with Crippen molar-refractivity contribution in [2.45, 2.75) is 32.4 Å². The van der Waals surface area contributed by atoms with Gasteiger partial charge in [0.2, 0.25) is 0 Å². The van der Waals surface area contributed by atoms with E-state index in [0.717, 1.165) is 5.56 Å². The molecule has 1 aromatic rings. The highest BCUT2D eigenvalue weighted by molar-refractivity contribution is 5.28. The SMILES string of the molecule is CC(C)(C)c1ccc(C(N)N)cc1. The molecule has 4 N–H and O–H groups in total. The van der Waals surface area contributed by atoms with Gasteiger partial charge in [0.15, 0.2) is 0 Å². The van der Waals surface area contributed by atoms with Gasteiger partial charge in [0.1, 0.15) is 0 Å². The maximum Gasteiger partial charge on any atom is 0.0784 e. The Bertz CT molecular complexity index is 267. The van der Waals surface area contributed by atoms with Gasteiger partial charge in [0.05, 0.1) is 6.17 Å². The Labute approximate surface area is 79.9 Å². The first-order valence-corrected chi connectivity index (χ1v) is 4.53. The predicted molar refractivity (Wildman–Crippen MR) is 56.3 cm³/mol. The molecule has 0 aliphatic heterocycles. The zero-order valence-electron chi connectivity index (χ0n) is 8.54. The molecule has 0 unspecified atom stereocenters. The molecule has 2 heteroatoms. The molecule has 72 valence electrons. The topological polar surface area (TPSA) is 52.0 Å². The van der Waals surface area contributed by atoms with Crippen molar-refractivity contribution in [3.05, 3.63) is 35.4 Å². The number of rotatable bonds is 1. The van der Waals surface area contributed by atoms with Gasteiger partial charge in [-0.05, 0) is 16.5 Å². The molecule has 0 aliphatic rings. The zero-order valence-corrected chi connectivity index (χ0v) is 8.54. The molecule has 13 heavy (non-hydrogen) atoms. The van der Waals surface area contributed by atoms with Crippen LogP contribution in [0.5, 0.6) is 0 Å². The lowest BCUT2D eigenvalue weighted by atomic mass is 9.86. The van der Waals surface area contributed by atoms with E-state index in [1.165, 1.54) is 5.56 Å². The molecule has 0 saturated heterocycles. The molecule has 0 radical (unpaired) electrons. The van der Waals surface area contributed by atoms with Crippen LogP contribution in [-0.4, -0.2) is 0 Å². The lowest BCUT2D eigenvalue weighted by molar-refractivity contribution is 0.589. The van der Waals surface area contributed by atoms with E-state index in [4.69, 9.17) is 11.5 Å². The molecule has 0 spiro atoms. The second kappa shape index (κ2) is 3.48. The number of benzene rings is 1. The van der Waals surface area contributed by atoms with Crippen molar-refractivity contribution >= 4 is 0 Å². The van der Waals surface area contributed by atoms with Crippen LogP contribution in [0.4, 0.5) is 0 Å². The van der Waals surface area contributed by atoms with E-state index in [9.17, 15) is 0 Å². The Morgan fingerprint density at radius 3 is 1.77 bits per heavy atom. The summed E-state index contributed by atoms with van der Waals surface area (Å²) in [5.74, 6) is 0. The van der Waals surface area contributed by atoms with Gasteiger partial charge in [-0.25, -0.2) is 0 Å². The van der Waals surface area contributed by atoms with E-state index in [1.54, 1.807) is 0 Å². The van der Waals surface area contributed by atoms with Gasteiger partial charge in [-0.2, -0.15) is 0 Å². The molecule has 0 heterocycles. The van der Waals surface area contributed by atoms with E-state index >= 15 is 0 Å². The van der Waals surface area contributed by atoms with Gasteiger partial charge in [-0.3, -0.25) is 0 Å². The highest BCUT2D eigenvalue weighted by Gasteiger charge is 2.13. The fourth-order valence-corrected chi connectivity index (χ4v) is 1.21. The second-order valence-corrected chi connectivity index (χ2v) is 4.40. The summed E-state index contributed by atoms with van der Waals surface area (Å²) in [6.07, 6.45) is -0.367. The molecule has 0 aliphatic carbocycles. The van der Waals surface area contributed by atoms with E-state index in [0.29, 0.717) is 0 Å². The predicted octanol–water partition coefficient (Wildman–Crippen LogP) is 1.90. The van der Waals surface area contributed by atoms with Gasteiger partial charge < -0.3 is 11.5 Å². The smallest absolute Gasteiger partial charge is 0.0784 e. The summed E-state index contributed by atoms with van der Waals surface area (Å²) >= 11 is 0. The molecule has 0 fully saturated rings. The lowest BCUT2D eigenvalue weighted by Gasteiger charge is -2.19. The highest BCUT2D eigenvalue weighted by atomic mass is 14.8. The van der Waals surface area contributed by atoms with E-state index in [1.807, 2.05) is 12.1 Å². The highest BCUT2D eigenvalue weighted by Crippen LogP contribution is 2.22. The number of nitrogens with two attached hydrogens (primary N) is 2. The third-order valence-corrected chi connectivity index (χ3v) is 2.16. The van der Waals surface area contributed by atoms with Crippen molar-refractivity contribution in [1.29, 1.82) is 0 Å². The van der Waals surface area contributed by atoms with Crippen LogP contribution in [0.25, 0.3) is 0 Å². The summed E-state index contributed by atoms with van der Waals surface area (Å²) < 4.78 is 0. The lowest BCUT2D eigenvalue weighted by Crippen LogP contribution is -2.20. The largest absolute Gasteiger partial charge is 0.312 e. The Morgan fingerprint density at radius 1 is 1.00 bits per heavy atom. The van der Waals surface area contributed by atoms with Crippen molar-refractivity contribution < 1.29 is 0 Å². The van der Waals surface area contributed by atoms with Crippen LogP contribution in [0.15, 0.2) is 24.3 Å². The Balaban J connectivity index is 2.94. The summed E-state index contributed by atoms with van der Waals surface area (Å²) in [7, 11) is 0. The van der Waals surface area contributed by atoms with Crippen LogP contribution in [-0.2, 0) is 5.41 Å². The minimum atomic E-state index is -0.367. The van der Waals surface area contributed by atoms with Gasteiger partial charge in [0, 0.05) is 0 Å². The van der Waals surface area contributed by atoms with E-state index in [2.05, 4.69) is 32.9 Å². The van der Waals surface area contributed by atoms with Gasteiger partial charge >= 0.3 is 0 Å². The molecule has 0 bridgehead atoms. The Kier molecular flexibility index (Phi) is 2.74. The summed E-state index contributed by atoms with van der Waals surface area (Å²) in [4.78, 5) is 0. The molecule has 0 atom stereocenters. The third-order valence-electron chi connectivity index (χ3n) is 2.16. The standard InChI is InChI=1S/C11H18N2/c1-11(2,3)9-6-4-8(5-7-9)10(12)13/h4-7,10H,12-13H2,1-3H3. The van der Waals surface area contributed by atoms with Crippen molar-refractivity contribution in [2.24, 2.45) is 11.5 Å². The third kappa shape index (κ3) is 2.54. The van der Waals surface area contributed by atoms with Gasteiger partial charge in [-0.15, -0.1) is 0 Å². The van der Waals surface area contributed by atoms with Crippen LogP contribution in [0.2, 0.25) is 0 Å². The summed E-state index contributed by atoms with van der Waals surface area (Å²) in [5.41, 5.74) is 13.6. The van der Waals surface area contributed by atoms with Crippen LogP contribution in [0.1, 0.15) is 38.1 Å². The molecule has 0 amide bonds. The minimum Gasteiger partial charge on any atom is -0.312 e. The maximum absolute atomic E-state index is 5.55. The summed E-state index contributed by atoms with van der Waals surface area (Å²) in [5, 5.41) is 0. The quantitative estimate of drug-likeness (QED) is 0.645. The van der Waals surface area contributed by atoms with Crippen LogP contribution in [0.3, 0.4) is 0 Å². The van der Waals surface area contributed by atoms with Crippen molar-refractivity contribution in [3.8, 4) is 0 Å². The van der Waals surface area contributed by atoms with Crippen LogP contribution >= 0.6 is 0 Å². The second-order valence-electron chi connectivity index (χ2n) is 4.40.